The first kappa shape index (κ1) is 15.1. The zero-order valence-electron chi connectivity index (χ0n) is 12.0. The Morgan fingerprint density at radius 1 is 1.33 bits per heavy atom. The van der Waals surface area contributed by atoms with Crippen LogP contribution in [-0.2, 0) is 9.53 Å². The molecule has 1 aliphatic carbocycles. The van der Waals surface area contributed by atoms with Crippen molar-refractivity contribution in [2.75, 3.05) is 6.61 Å². The Hall–Kier alpha value is -0.990. The SMILES string of the molecule is C=C(CC1CCC(C(=O)NC(C)C)CC1)OCC. The van der Waals surface area contributed by atoms with Crippen LogP contribution in [0, 0.1) is 11.8 Å². The first-order chi connectivity index (χ1) is 8.52. The highest BCUT2D eigenvalue weighted by molar-refractivity contribution is 5.78. The summed E-state index contributed by atoms with van der Waals surface area (Å²) in [6.07, 6.45) is 5.18. The molecule has 1 N–H and O–H groups in total. The van der Waals surface area contributed by atoms with E-state index in [1.54, 1.807) is 0 Å². The van der Waals surface area contributed by atoms with Gasteiger partial charge in [-0.3, -0.25) is 4.79 Å². The van der Waals surface area contributed by atoms with Gasteiger partial charge in [-0.15, -0.1) is 0 Å². The van der Waals surface area contributed by atoms with Gasteiger partial charge in [-0.1, -0.05) is 6.58 Å². The van der Waals surface area contributed by atoms with Crippen LogP contribution >= 0.6 is 0 Å². The lowest BCUT2D eigenvalue weighted by Gasteiger charge is -2.28. The topological polar surface area (TPSA) is 38.3 Å². The summed E-state index contributed by atoms with van der Waals surface area (Å²) in [5.41, 5.74) is 0. The third kappa shape index (κ3) is 5.11. The van der Waals surface area contributed by atoms with Crippen molar-refractivity contribution in [3.8, 4) is 0 Å². The van der Waals surface area contributed by atoms with Gasteiger partial charge in [0.2, 0.25) is 5.91 Å². The average Bonchev–Trinajstić information content (AvgIpc) is 2.29. The predicted molar refractivity (Wildman–Crippen MR) is 74.1 cm³/mol. The maximum absolute atomic E-state index is 11.9. The lowest BCUT2D eigenvalue weighted by molar-refractivity contribution is -0.126. The van der Waals surface area contributed by atoms with Crippen LogP contribution in [0.15, 0.2) is 12.3 Å². The van der Waals surface area contributed by atoms with Crippen molar-refractivity contribution in [3.05, 3.63) is 12.3 Å². The van der Waals surface area contributed by atoms with Crippen LogP contribution in [0.1, 0.15) is 52.9 Å². The summed E-state index contributed by atoms with van der Waals surface area (Å²) in [5.74, 6) is 1.98. The summed E-state index contributed by atoms with van der Waals surface area (Å²) in [6, 6.07) is 0.243. The summed E-state index contributed by atoms with van der Waals surface area (Å²) >= 11 is 0. The Balaban J connectivity index is 2.28. The number of allylic oxidation sites excluding steroid dienone is 1. The minimum atomic E-state index is 0.212. The van der Waals surface area contributed by atoms with E-state index < -0.39 is 0 Å². The normalized spacial score (nSPS) is 23.8. The van der Waals surface area contributed by atoms with E-state index in [0.29, 0.717) is 12.5 Å². The molecule has 1 fully saturated rings. The molecule has 1 rings (SSSR count). The van der Waals surface area contributed by atoms with Gasteiger partial charge in [-0.05, 0) is 52.4 Å². The van der Waals surface area contributed by atoms with Crippen LogP contribution < -0.4 is 5.32 Å². The number of amides is 1. The molecule has 1 saturated carbocycles. The average molecular weight is 253 g/mol. The van der Waals surface area contributed by atoms with E-state index in [-0.39, 0.29) is 17.9 Å². The molecular formula is C15H27NO2. The summed E-state index contributed by atoms with van der Waals surface area (Å²) in [5, 5.41) is 3.01. The summed E-state index contributed by atoms with van der Waals surface area (Å²) in [6.45, 7) is 10.6. The highest BCUT2D eigenvalue weighted by Gasteiger charge is 2.26. The minimum Gasteiger partial charge on any atom is -0.499 e. The number of ether oxygens (including phenoxy) is 1. The molecule has 0 heterocycles. The first-order valence-corrected chi connectivity index (χ1v) is 7.13. The second-order valence-electron chi connectivity index (χ2n) is 5.56. The third-order valence-corrected chi connectivity index (χ3v) is 3.51. The van der Waals surface area contributed by atoms with Crippen LogP contribution in [0.5, 0.6) is 0 Å². The van der Waals surface area contributed by atoms with Crippen molar-refractivity contribution in [2.24, 2.45) is 11.8 Å². The van der Waals surface area contributed by atoms with Gasteiger partial charge >= 0.3 is 0 Å². The molecule has 0 aliphatic heterocycles. The Labute approximate surface area is 111 Å². The molecule has 1 aliphatic rings. The van der Waals surface area contributed by atoms with Gasteiger partial charge < -0.3 is 10.1 Å². The summed E-state index contributed by atoms with van der Waals surface area (Å²) in [4.78, 5) is 11.9. The summed E-state index contributed by atoms with van der Waals surface area (Å²) < 4.78 is 5.40. The van der Waals surface area contributed by atoms with Crippen molar-refractivity contribution in [3.63, 3.8) is 0 Å². The second kappa shape index (κ2) is 7.45. The van der Waals surface area contributed by atoms with Gasteiger partial charge in [0.05, 0.1) is 12.4 Å². The van der Waals surface area contributed by atoms with Crippen LogP contribution in [0.25, 0.3) is 0 Å². The van der Waals surface area contributed by atoms with Gasteiger partial charge in [0.15, 0.2) is 0 Å². The smallest absolute Gasteiger partial charge is 0.223 e. The zero-order chi connectivity index (χ0) is 13.5. The van der Waals surface area contributed by atoms with E-state index in [0.717, 1.165) is 37.9 Å². The maximum Gasteiger partial charge on any atom is 0.223 e. The van der Waals surface area contributed by atoms with Gasteiger partial charge in [0, 0.05) is 18.4 Å². The van der Waals surface area contributed by atoms with E-state index in [1.165, 1.54) is 0 Å². The van der Waals surface area contributed by atoms with Crippen molar-refractivity contribution < 1.29 is 9.53 Å². The van der Waals surface area contributed by atoms with Gasteiger partial charge in [-0.25, -0.2) is 0 Å². The van der Waals surface area contributed by atoms with Crippen LogP contribution in [-0.4, -0.2) is 18.6 Å². The van der Waals surface area contributed by atoms with E-state index in [4.69, 9.17) is 4.74 Å². The molecule has 0 unspecified atom stereocenters. The predicted octanol–water partition coefficient (Wildman–Crippen LogP) is 3.26. The van der Waals surface area contributed by atoms with Crippen molar-refractivity contribution >= 4 is 5.91 Å². The van der Waals surface area contributed by atoms with Gasteiger partial charge in [0.25, 0.3) is 0 Å². The highest BCUT2D eigenvalue weighted by Crippen LogP contribution is 2.32. The molecule has 0 aromatic rings. The molecule has 0 spiro atoms. The second-order valence-corrected chi connectivity index (χ2v) is 5.56. The number of carbonyl (C=O) groups is 1. The standard InChI is InChI=1S/C15H27NO2/c1-5-18-12(4)10-13-6-8-14(9-7-13)15(17)16-11(2)3/h11,13-14H,4-10H2,1-3H3,(H,16,17). The number of hydrogen-bond donors (Lipinski definition) is 1. The maximum atomic E-state index is 11.9. The Bertz CT molecular complexity index is 278. The van der Waals surface area contributed by atoms with E-state index in [9.17, 15) is 4.79 Å². The van der Waals surface area contributed by atoms with Crippen LogP contribution in [0.3, 0.4) is 0 Å². The van der Waals surface area contributed by atoms with Crippen molar-refractivity contribution in [1.82, 2.24) is 5.32 Å². The van der Waals surface area contributed by atoms with Crippen molar-refractivity contribution in [2.45, 2.75) is 58.9 Å². The lowest BCUT2D eigenvalue weighted by Crippen LogP contribution is -2.37. The molecule has 3 heteroatoms. The molecule has 18 heavy (non-hydrogen) atoms. The van der Waals surface area contributed by atoms with Crippen molar-refractivity contribution in [1.29, 1.82) is 0 Å². The Morgan fingerprint density at radius 3 is 2.44 bits per heavy atom. The lowest BCUT2D eigenvalue weighted by atomic mass is 9.80. The molecule has 0 bridgehead atoms. The zero-order valence-corrected chi connectivity index (χ0v) is 12.0. The molecule has 0 aromatic carbocycles. The van der Waals surface area contributed by atoms with E-state index >= 15 is 0 Å². The number of rotatable bonds is 6. The largest absolute Gasteiger partial charge is 0.499 e. The molecule has 1 amide bonds. The highest BCUT2D eigenvalue weighted by atomic mass is 16.5. The van der Waals surface area contributed by atoms with Crippen LogP contribution in [0.4, 0.5) is 0 Å². The minimum absolute atomic E-state index is 0.212. The number of carbonyl (C=O) groups excluding carboxylic acids is 1. The molecular weight excluding hydrogens is 226 g/mol. The number of nitrogens with one attached hydrogen (secondary N) is 1. The van der Waals surface area contributed by atoms with E-state index in [2.05, 4.69) is 11.9 Å². The third-order valence-electron chi connectivity index (χ3n) is 3.51. The first-order valence-electron chi connectivity index (χ1n) is 7.13. The Kier molecular flexibility index (Phi) is 6.23. The fourth-order valence-electron chi connectivity index (χ4n) is 2.62. The Morgan fingerprint density at radius 2 is 1.94 bits per heavy atom. The van der Waals surface area contributed by atoms with E-state index in [1.807, 2.05) is 20.8 Å². The summed E-state index contributed by atoms with van der Waals surface area (Å²) in [7, 11) is 0. The molecule has 0 atom stereocenters. The molecule has 0 aromatic heterocycles. The molecule has 0 saturated heterocycles. The monoisotopic (exact) mass is 253 g/mol. The quantitative estimate of drug-likeness (QED) is 0.738. The van der Waals surface area contributed by atoms with Gasteiger partial charge in [-0.2, -0.15) is 0 Å². The number of hydrogen-bond acceptors (Lipinski definition) is 2. The molecule has 0 radical (unpaired) electrons. The van der Waals surface area contributed by atoms with Crippen LogP contribution in [0.2, 0.25) is 0 Å². The fraction of sp³-hybridized carbons (Fsp3) is 0.800. The fourth-order valence-corrected chi connectivity index (χ4v) is 2.62. The molecule has 104 valence electrons. The van der Waals surface area contributed by atoms with Gasteiger partial charge in [0.1, 0.15) is 0 Å². The molecule has 3 nitrogen and oxygen atoms in total.